The maximum Gasteiger partial charge on any atom is 0.433 e. The van der Waals surface area contributed by atoms with E-state index in [1.54, 1.807) is 18.5 Å². The molecule has 4 heterocycles. The van der Waals surface area contributed by atoms with Crippen LogP contribution in [0.15, 0.2) is 77.9 Å². The molecule has 34 heavy (non-hydrogen) atoms. The molecule has 170 valence electrons. The van der Waals surface area contributed by atoms with Gasteiger partial charge in [0.1, 0.15) is 11.4 Å². The van der Waals surface area contributed by atoms with Crippen LogP contribution in [0.3, 0.4) is 0 Å². The van der Waals surface area contributed by atoms with Gasteiger partial charge in [-0.1, -0.05) is 12.1 Å². The Bertz CT molecular complexity index is 1570. The van der Waals surface area contributed by atoms with Crippen molar-refractivity contribution in [3.05, 3.63) is 100 Å². The van der Waals surface area contributed by atoms with E-state index in [0.717, 1.165) is 39.5 Å². The molecular weight excluding hydrogens is 443 g/mol. The molecule has 0 amide bonds. The Morgan fingerprint density at radius 1 is 0.971 bits per heavy atom. The highest BCUT2D eigenvalue weighted by atomic mass is 19.4. The maximum atomic E-state index is 12.9. The number of benzene rings is 1. The van der Waals surface area contributed by atoms with E-state index in [2.05, 4.69) is 20.2 Å². The summed E-state index contributed by atoms with van der Waals surface area (Å²) >= 11 is 0. The van der Waals surface area contributed by atoms with Crippen LogP contribution in [-0.2, 0) is 12.7 Å². The van der Waals surface area contributed by atoms with Gasteiger partial charge in [-0.15, -0.1) is 0 Å². The number of aromatic amines is 1. The first-order valence-corrected chi connectivity index (χ1v) is 10.4. The van der Waals surface area contributed by atoms with Gasteiger partial charge in [0.05, 0.1) is 17.8 Å². The van der Waals surface area contributed by atoms with Gasteiger partial charge in [0, 0.05) is 35.1 Å². The molecule has 0 bridgehead atoms. The van der Waals surface area contributed by atoms with E-state index in [0.29, 0.717) is 5.56 Å². The monoisotopic (exact) mass is 461 g/mol. The molecule has 5 aromatic rings. The quantitative estimate of drug-likeness (QED) is 0.398. The standard InChI is InChI=1S/C25H18F3N5O/c1-15-11-18(7-9-29-15)24-20-12-16(5-6-21(20)31-32-24)17-8-10-33(23(34)13-17)14-19-3-2-4-22(30-19)25(26,27)28/h2-13H,14H2,1H3,(H,31,32). The topological polar surface area (TPSA) is 76.5 Å². The minimum Gasteiger partial charge on any atom is -0.309 e. The number of halogens is 3. The number of rotatable bonds is 4. The van der Waals surface area contributed by atoms with E-state index < -0.39 is 11.9 Å². The summed E-state index contributed by atoms with van der Waals surface area (Å²) in [6.07, 6.45) is -1.25. The summed E-state index contributed by atoms with van der Waals surface area (Å²) in [6.45, 7) is 1.85. The van der Waals surface area contributed by atoms with E-state index in [4.69, 9.17) is 0 Å². The molecule has 5 rings (SSSR count). The first-order valence-electron chi connectivity index (χ1n) is 10.4. The van der Waals surface area contributed by atoms with Crippen LogP contribution in [0.4, 0.5) is 13.2 Å². The number of hydrogen-bond acceptors (Lipinski definition) is 4. The number of aromatic nitrogens is 5. The molecule has 0 fully saturated rings. The third-order valence-corrected chi connectivity index (χ3v) is 5.49. The van der Waals surface area contributed by atoms with E-state index in [9.17, 15) is 18.0 Å². The normalized spacial score (nSPS) is 11.8. The van der Waals surface area contributed by atoms with Crippen molar-refractivity contribution in [3.8, 4) is 22.4 Å². The summed E-state index contributed by atoms with van der Waals surface area (Å²) in [5.74, 6) is 0. The van der Waals surface area contributed by atoms with Crippen LogP contribution in [0, 0.1) is 6.92 Å². The highest BCUT2D eigenvalue weighted by molar-refractivity contribution is 5.95. The number of aryl methyl sites for hydroxylation is 1. The average molecular weight is 461 g/mol. The van der Waals surface area contributed by atoms with E-state index in [-0.39, 0.29) is 17.8 Å². The van der Waals surface area contributed by atoms with E-state index in [1.807, 2.05) is 37.3 Å². The zero-order chi connectivity index (χ0) is 23.9. The zero-order valence-electron chi connectivity index (χ0n) is 18.0. The predicted molar refractivity (Wildman–Crippen MR) is 122 cm³/mol. The molecule has 9 heteroatoms. The van der Waals surface area contributed by atoms with Gasteiger partial charge in [-0.25, -0.2) is 4.98 Å². The fraction of sp³-hybridized carbons (Fsp3) is 0.120. The molecule has 0 unspecified atom stereocenters. The van der Waals surface area contributed by atoms with Crippen LogP contribution in [0.5, 0.6) is 0 Å². The molecule has 0 saturated carbocycles. The van der Waals surface area contributed by atoms with Gasteiger partial charge in [0.25, 0.3) is 5.56 Å². The Labute approximate surface area is 191 Å². The van der Waals surface area contributed by atoms with E-state index in [1.165, 1.54) is 22.8 Å². The van der Waals surface area contributed by atoms with Crippen LogP contribution >= 0.6 is 0 Å². The van der Waals surface area contributed by atoms with Gasteiger partial charge >= 0.3 is 6.18 Å². The SMILES string of the molecule is Cc1cc(-c2n[nH]c3ccc(-c4ccn(Cc5cccc(C(F)(F)F)n5)c(=O)c4)cc23)ccn1. The molecule has 0 saturated heterocycles. The van der Waals surface area contributed by atoms with Crippen LogP contribution < -0.4 is 5.56 Å². The van der Waals surface area contributed by atoms with Gasteiger partial charge in [0.15, 0.2) is 0 Å². The number of H-pyrrole nitrogens is 1. The van der Waals surface area contributed by atoms with Gasteiger partial charge in [-0.2, -0.15) is 18.3 Å². The number of nitrogens with zero attached hydrogens (tertiary/aromatic N) is 4. The van der Waals surface area contributed by atoms with Gasteiger partial charge in [0.2, 0.25) is 0 Å². The van der Waals surface area contributed by atoms with Crippen molar-refractivity contribution in [2.45, 2.75) is 19.6 Å². The second-order valence-electron chi connectivity index (χ2n) is 7.91. The minimum absolute atomic E-state index is 0.0602. The Morgan fingerprint density at radius 2 is 1.79 bits per heavy atom. The molecule has 4 aromatic heterocycles. The lowest BCUT2D eigenvalue weighted by molar-refractivity contribution is -0.141. The molecule has 0 aliphatic rings. The highest BCUT2D eigenvalue weighted by Gasteiger charge is 2.32. The highest BCUT2D eigenvalue weighted by Crippen LogP contribution is 2.30. The van der Waals surface area contributed by atoms with Gasteiger partial charge in [-0.05, 0) is 60.5 Å². The summed E-state index contributed by atoms with van der Waals surface area (Å²) < 4.78 is 40.1. The van der Waals surface area contributed by atoms with Crippen molar-refractivity contribution in [1.82, 2.24) is 24.7 Å². The van der Waals surface area contributed by atoms with Crippen LogP contribution in [0.1, 0.15) is 17.1 Å². The zero-order valence-corrected chi connectivity index (χ0v) is 18.0. The number of alkyl halides is 3. The lowest BCUT2D eigenvalue weighted by Crippen LogP contribution is -2.20. The maximum absolute atomic E-state index is 12.9. The third-order valence-electron chi connectivity index (χ3n) is 5.49. The first kappa shape index (κ1) is 21.6. The predicted octanol–water partition coefficient (Wildman–Crippen LogP) is 5.22. The average Bonchev–Trinajstić information content (AvgIpc) is 3.23. The van der Waals surface area contributed by atoms with Crippen molar-refractivity contribution in [2.75, 3.05) is 0 Å². The molecule has 0 atom stereocenters. The largest absolute Gasteiger partial charge is 0.433 e. The lowest BCUT2D eigenvalue weighted by atomic mass is 10.0. The van der Waals surface area contributed by atoms with Crippen molar-refractivity contribution >= 4 is 10.9 Å². The number of fused-ring (bicyclic) bond motifs is 1. The molecule has 0 aliphatic heterocycles. The van der Waals surface area contributed by atoms with E-state index >= 15 is 0 Å². The number of pyridine rings is 3. The summed E-state index contributed by atoms with van der Waals surface area (Å²) in [5.41, 5.74) is 3.80. The second-order valence-corrected chi connectivity index (χ2v) is 7.91. The minimum atomic E-state index is -4.54. The second kappa shape index (κ2) is 8.26. The summed E-state index contributed by atoms with van der Waals surface area (Å²) in [4.78, 5) is 20.6. The number of hydrogen-bond donors (Lipinski definition) is 1. The van der Waals surface area contributed by atoms with Gasteiger partial charge < -0.3 is 4.57 Å². The Balaban J connectivity index is 1.47. The molecule has 6 nitrogen and oxygen atoms in total. The van der Waals surface area contributed by atoms with Crippen molar-refractivity contribution < 1.29 is 13.2 Å². The summed E-state index contributed by atoms with van der Waals surface area (Å²) in [7, 11) is 0. The Kier molecular flexibility index (Phi) is 5.24. The third kappa shape index (κ3) is 4.19. The fourth-order valence-corrected chi connectivity index (χ4v) is 3.82. The molecule has 0 spiro atoms. The van der Waals surface area contributed by atoms with Gasteiger partial charge in [-0.3, -0.25) is 14.9 Å². The Hall–Kier alpha value is -4.27. The summed E-state index contributed by atoms with van der Waals surface area (Å²) in [5, 5.41) is 8.37. The fourth-order valence-electron chi connectivity index (χ4n) is 3.82. The smallest absolute Gasteiger partial charge is 0.309 e. The first-order chi connectivity index (χ1) is 16.3. The number of nitrogens with one attached hydrogen (secondary N) is 1. The van der Waals surface area contributed by atoms with Crippen LogP contribution in [0.25, 0.3) is 33.3 Å². The molecule has 0 aliphatic carbocycles. The van der Waals surface area contributed by atoms with Crippen LogP contribution in [-0.4, -0.2) is 24.7 Å². The molecular formula is C25H18F3N5O. The Morgan fingerprint density at radius 3 is 2.56 bits per heavy atom. The molecule has 0 radical (unpaired) electrons. The lowest BCUT2D eigenvalue weighted by Gasteiger charge is -2.10. The molecule has 1 N–H and O–H groups in total. The van der Waals surface area contributed by atoms with Crippen LogP contribution in [0.2, 0.25) is 0 Å². The van der Waals surface area contributed by atoms with Crippen molar-refractivity contribution in [1.29, 1.82) is 0 Å². The molecule has 1 aromatic carbocycles. The van der Waals surface area contributed by atoms with Crippen molar-refractivity contribution in [2.24, 2.45) is 0 Å². The van der Waals surface area contributed by atoms with Crippen molar-refractivity contribution in [3.63, 3.8) is 0 Å². The summed E-state index contributed by atoms with van der Waals surface area (Å²) in [6, 6.07) is 16.4.